The fourth-order valence-electron chi connectivity index (χ4n) is 2.19. The number of amides is 2. The Kier molecular flexibility index (Phi) is 4.59. The Morgan fingerprint density at radius 2 is 2.00 bits per heavy atom. The van der Waals surface area contributed by atoms with Gasteiger partial charge in [0.1, 0.15) is 11.4 Å². The number of hydrogen-bond donors (Lipinski definition) is 2. The van der Waals surface area contributed by atoms with Gasteiger partial charge in [-0.25, -0.2) is 4.39 Å². The van der Waals surface area contributed by atoms with Crippen LogP contribution in [0.5, 0.6) is 0 Å². The first kappa shape index (κ1) is 16.4. The van der Waals surface area contributed by atoms with Crippen LogP contribution in [-0.4, -0.2) is 23.4 Å². The summed E-state index contributed by atoms with van der Waals surface area (Å²) in [5.74, 6) is -1.90. The number of carbonyl (C=O) groups is 2. The Balaban J connectivity index is 2.59. The molecule has 0 radical (unpaired) electrons. The van der Waals surface area contributed by atoms with E-state index >= 15 is 0 Å². The Morgan fingerprint density at radius 3 is 2.61 bits per heavy atom. The summed E-state index contributed by atoms with van der Waals surface area (Å²) >= 11 is 0. The molecule has 0 spiro atoms. The Morgan fingerprint density at radius 1 is 1.30 bits per heavy atom. The molecule has 6 nitrogen and oxygen atoms in total. The number of nitrogens with one attached hydrogen (secondary N) is 1. The molecule has 23 heavy (non-hydrogen) atoms. The highest BCUT2D eigenvalue weighted by Crippen LogP contribution is 2.12. The summed E-state index contributed by atoms with van der Waals surface area (Å²) < 4.78 is 15.0. The van der Waals surface area contributed by atoms with Crippen LogP contribution in [0.4, 0.5) is 4.39 Å². The van der Waals surface area contributed by atoms with Gasteiger partial charge in [-0.3, -0.25) is 14.4 Å². The monoisotopic (exact) mass is 317 g/mol. The summed E-state index contributed by atoms with van der Waals surface area (Å²) in [4.78, 5) is 35.6. The Labute approximate surface area is 131 Å². The molecule has 1 aromatic heterocycles. The molecular weight excluding hydrogens is 301 g/mol. The van der Waals surface area contributed by atoms with Gasteiger partial charge in [0.05, 0.1) is 12.1 Å². The quantitative estimate of drug-likeness (QED) is 0.873. The van der Waals surface area contributed by atoms with Crippen molar-refractivity contribution in [3.05, 3.63) is 68.9 Å². The number of primary amides is 1. The van der Waals surface area contributed by atoms with Crippen molar-refractivity contribution in [3.8, 4) is 0 Å². The first-order valence-electron chi connectivity index (χ1n) is 6.85. The average molecular weight is 317 g/mol. The number of aromatic nitrogens is 1. The van der Waals surface area contributed by atoms with Crippen LogP contribution in [0.15, 0.2) is 35.3 Å². The van der Waals surface area contributed by atoms with Gasteiger partial charge >= 0.3 is 0 Å². The zero-order chi connectivity index (χ0) is 17.1. The maximum Gasteiger partial charge on any atom is 0.263 e. The lowest BCUT2D eigenvalue weighted by atomic mass is 10.1. The van der Waals surface area contributed by atoms with Gasteiger partial charge < -0.3 is 15.6 Å². The summed E-state index contributed by atoms with van der Waals surface area (Å²) in [5.41, 5.74) is 5.47. The molecule has 0 aliphatic carbocycles. The minimum Gasteiger partial charge on any atom is -0.366 e. The fraction of sp³-hybridized carbons (Fsp3) is 0.188. The number of aryl methyl sites for hydroxylation is 1. The van der Waals surface area contributed by atoms with Crippen LogP contribution >= 0.6 is 0 Å². The van der Waals surface area contributed by atoms with Gasteiger partial charge in [-0.1, -0.05) is 17.7 Å². The lowest BCUT2D eigenvalue weighted by molar-refractivity contribution is 0.0961. The van der Waals surface area contributed by atoms with Gasteiger partial charge in [-0.2, -0.15) is 0 Å². The SMILES string of the molecule is CNC(=O)c1cc(C(N)=O)cn(Cc2cc(C)ccc2F)c1=O. The van der Waals surface area contributed by atoms with Crippen LogP contribution in [-0.2, 0) is 6.54 Å². The van der Waals surface area contributed by atoms with Gasteiger partial charge in [0.25, 0.3) is 11.5 Å². The molecule has 2 rings (SSSR count). The smallest absolute Gasteiger partial charge is 0.263 e. The molecule has 1 aromatic carbocycles. The maximum atomic E-state index is 13.9. The van der Waals surface area contributed by atoms with Crippen LogP contribution in [0.1, 0.15) is 31.8 Å². The van der Waals surface area contributed by atoms with Crippen molar-refractivity contribution in [2.75, 3.05) is 7.05 Å². The molecule has 0 bridgehead atoms. The highest BCUT2D eigenvalue weighted by molar-refractivity contribution is 5.98. The number of halogens is 1. The predicted molar refractivity (Wildman–Crippen MR) is 82.8 cm³/mol. The van der Waals surface area contributed by atoms with Crippen molar-refractivity contribution in [2.45, 2.75) is 13.5 Å². The van der Waals surface area contributed by atoms with Gasteiger partial charge in [0, 0.05) is 18.8 Å². The number of rotatable bonds is 4. The number of carbonyl (C=O) groups excluding carboxylic acids is 2. The summed E-state index contributed by atoms with van der Waals surface area (Å²) in [6, 6.07) is 5.63. The molecule has 0 aliphatic rings. The second kappa shape index (κ2) is 6.43. The van der Waals surface area contributed by atoms with Crippen molar-refractivity contribution in [1.82, 2.24) is 9.88 Å². The highest BCUT2D eigenvalue weighted by atomic mass is 19.1. The van der Waals surface area contributed by atoms with Crippen molar-refractivity contribution in [1.29, 1.82) is 0 Å². The molecule has 0 saturated carbocycles. The van der Waals surface area contributed by atoms with E-state index in [-0.39, 0.29) is 23.2 Å². The fourth-order valence-corrected chi connectivity index (χ4v) is 2.19. The van der Waals surface area contributed by atoms with Gasteiger partial charge in [-0.05, 0) is 19.1 Å². The van der Waals surface area contributed by atoms with E-state index < -0.39 is 23.2 Å². The third kappa shape index (κ3) is 3.45. The zero-order valence-electron chi connectivity index (χ0n) is 12.7. The second-order valence-corrected chi connectivity index (χ2v) is 5.11. The molecule has 7 heteroatoms. The van der Waals surface area contributed by atoms with Crippen molar-refractivity contribution >= 4 is 11.8 Å². The van der Waals surface area contributed by atoms with E-state index in [4.69, 9.17) is 5.73 Å². The second-order valence-electron chi connectivity index (χ2n) is 5.11. The number of benzene rings is 1. The van der Waals surface area contributed by atoms with Gasteiger partial charge in [0.15, 0.2) is 0 Å². The molecule has 0 fully saturated rings. The van der Waals surface area contributed by atoms with Crippen LogP contribution in [0.2, 0.25) is 0 Å². The zero-order valence-corrected chi connectivity index (χ0v) is 12.7. The van der Waals surface area contributed by atoms with E-state index in [0.717, 1.165) is 16.2 Å². The summed E-state index contributed by atoms with van der Waals surface area (Å²) in [7, 11) is 1.36. The molecule has 2 aromatic rings. The lowest BCUT2D eigenvalue weighted by Gasteiger charge is -2.11. The number of nitrogens with zero attached hydrogens (tertiary/aromatic N) is 1. The maximum absolute atomic E-state index is 13.9. The van der Waals surface area contributed by atoms with Crippen LogP contribution < -0.4 is 16.6 Å². The summed E-state index contributed by atoms with van der Waals surface area (Å²) in [5, 5.41) is 2.32. The van der Waals surface area contributed by atoms with Crippen LogP contribution in [0.3, 0.4) is 0 Å². The molecule has 3 N–H and O–H groups in total. The normalized spacial score (nSPS) is 10.4. The first-order valence-corrected chi connectivity index (χ1v) is 6.85. The third-order valence-electron chi connectivity index (χ3n) is 3.38. The van der Waals surface area contributed by atoms with Gasteiger partial charge in [0.2, 0.25) is 5.91 Å². The van der Waals surface area contributed by atoms with Crippen molar-refractivity contribution < 1.29 is 14.0 Å². The van der Waals surface area contributed by atoms with Crippen molar-refractivity contribution in [3.63, 3.8) is 0 Å². The summed E-state index contributed by atoms with van der Waals surface area (Å²) in [6.45, 7) is 1.68. The van der Waals surface area contributed by atoms with E-state index in [0.29, 0.717) is 0 Å². The molecule has 0 saturated heterocycles. The molecule has 0 atom stereocenters. The topological polar surface area (TPSA) is 94.2 Å². The molecule has 0 unspecified atom stereocenters. The lowest BCUT2D eigenvalue weighted by Crippen LogP contribution is -2.33. The minimum absolute atomic E-state index is 0.00346. The van der Waals surface area contributed by atoms with Crippen LogP contribution in [0.25, 0.3) is 0 Å². The van der Waals surface area contributed by atoms with Gasteiger partial charge in [-0.15, -0.1) is 0 Å². The Bertz CT molecular complexity index is 843. The largest absolute Gasteiger partial charge is 0.366 e. The third-order valence-corrected chi connectivity index (χ3v) is 3.38. The molecule has 0 aliphatic heterocycles. The molecular formula is C16H16FN3O3. The molecule has 120 valence electrons. The van der Waals surface area contributed by atoms with E-state index in [2.05, 4.69) is 5.32 Å². The Hall–Kier alpha value is -2.96. The number of pyridine rings is 1. The van der Waals surface area contributed by atoms with Crippen LogP contribution in [0, 0.1) is 12.7 Å². The number of hydrogen-bond acceptors (Lipinski definition) is 3. The standard InChI is InChI=1S/C16H16FN3O3/c1-9-3-4-13(17)10(5-9)7-20-8-11(14(18)21)6-12(16(20)23)15(22)19-2/h3-6,8H,7H2,1-2H3,(H2,18,21)(H,19,22). The van der Waals surface area contributed by atoms with E-state index in [9.17, 15) is 18.8 Å². The van der Waals surface area contributed by atoms with E-state index in [1.165, 1.54) is 19.3 Å². The molecule has 2 amide bonds. The first-order chi connectivity index (χ1) is 10.8. The predicted octanol–water partition coefficient (Wildman–Crippen LogP) is 0.803. The average Bonchev–Trinajstić information content (AvgIpc) is 2.51. The number of nitrogens with two attached hydrogens (primary N) is 1. The minimum atomic E-state index is -0.784. The highest BCUT2D eigenvalue weighted by Gasteiger charge is 2.16. The van der Waals surface area contributed by atoms with E-state index in [1.807, 2.05) is 0 Å². The van der Waals surface area contributed by atoms with E-state index in [1.54, 1.807) is 19.1 Å². The molecule has 1 heterocycles. The summed E-state index contributed by atoms with van der Waals surface area (Å²) in [6.07, 6.45) is 1.22. The van der Waals surface area contributed by atoms with Crippen molar-refractivity contribution in [2.24, 2.45) is 5.73 Å².